The second kappa shape index (κ2) is 5.10. The Balaban J connectivity index is 2.12. The molecule has 3 rings (SSSR count). The number of aromatic nitrogens is 3. The van der Waals surface area contributed by atoms with Gasteiger partial charge in [-0.3, -0.25) is 0 Å². The molecule has 0 spiro atoms. The Bertz CT molecular complexity index is 636. The molecule has 1 aliphatic carbocycles. The van der Waals surface area contributed by atoms with Crippen molar-refractivity contribution in [3.63, 3.8) is 0 Å². The molecule has 98 valence electrons. The highest BCUT2D eigenvalue weighted by Gasteiger charge is 2.20. The van der Waals surface area contributed by atoms with Gasteiger partial charge in [0.15, 0.2) is 11.5 Å². The molecular formula is C13H15N5S. The van der Waals surface area contributed by atoms with Gasteiger partial charge in [0.05, 0.1) is 6.20 Å². The molecule has 0 radical (unpaired) electrons. The lowest BCUT2D eigenvalue weighted by Gasteiger charge is -2.16. The SMILES string of the molecule is CSc1nc2ccnn2c(NC2CCCC2)c1C#N. The third-order valence-electron chi connectivity index (χ3n) is 3.50. The summed E-state index contributed by atoms with van der Waals surface area (Å²) in [4.78, 5) is 4.46. The average molecular weight is 273 g/mol. The molecule has 0 saturated heterocycles. The molecule has 1 saturated carbocycles. The zero-order chi connectivity index (χ0) is 13.2. The first-order chi connectivity index (χ1) is 9.33. The van der Waals surface area contributed by atoms with E-state index in [1.165, 1.54) is 24.6 Å². The molecule has 0 unspecified atom stereocenters. The Morgan fingerprint density at radius 3 is 2.95 bits per heavy atom. The fourth-order valence-electron chi connectivity index (χ4n) is 2.57. The Labute approximate surface area is 116 Å². The van der Waals surface area contributed by atoms with Gasteiger partial charge in [0.25, 0.3) is 0 Å². The molecule has 5 nitrogen and oxygen atoms in total. The van der Waals surface area contributed by atoms with E-state index in [9.17, 15) is 5.26 Å². The van der Waals surface area contributed by atoms with Crippen molar-refractivity contribution in [3.05, 3.63) is 17.8 Å². The topological polar surface area (TPSA) is 66.0 Å². The van der Waals surface area contributed by atoms with E-state index in [2.05, 4.69) is 21.5 Å². The minimum absolute atomic E-state index is 0.441. The standard InChI is InChI=1S/C13H15N5S/c1-19-13-10(8-14)12(16-9-4-2-3-5-9)18-11(17-13)6-7-15-18/h6-7,9,16H,2-5H2,1H3. The highest BCUT2D eigenvalue weighted by molar-refractivity contribution is 7.98. The van der Waals surface area contributed by atoms with Crippen LogP contribution in [0.15, 0.2) is 17.3 Å². The Morgan fingerprint density at radius 2 is 2.26 bits per heavy atom. The monoisotopic (exact) mass is 273 g/mol. The fourth-order valence-corrected chi connectivity index (χ4v) is 3.10. The lowest BCUT2D eigenvalue weighted by molar-refractivity contribution is 0.737. The van der Waals surface area contributed by atoms with Crippen LogP contribution >= 0.6 is 11.8 Å². The molecule has 2 heterocycles. The average Bonchev–Trinajstić information content (AvgIpc) is 3.08. The van der Waals surface area contributed by atoms with Crippen LogP contribution in [0.1, 0.15) is 31.2 Å². The fraction of sp³-hybridized carbons (Fsp3) is 0.462. The molecule has 2 aromatic heterocycles. The Hall–Kier alpha value is -1.74. The summed E-state index contributed by atoms with van der Waals surface area (Å²) in [5.74, 6) is 0.786. The summed E-state index contributed by atoms with van der Waals surface area (Å²) < 4.78 is 1.73. The van der Waals surface area contributed by atoms with Gasteiger partial charge < -0.3 is 5.32 Å². The van der Waals surface area contributed by atoms with E-state index in [1.54, 1.807) is 10.7 Å². The molecule has 0 atom stereocenters. The van der Waals surface area contributed by atoms with Crippen molar-refractivity contribution >= 4 is 23.2 Å². The maximum absolute atomic E-state index is 9.42. The summed E-state index contributed by atoms with van der Waals surface area (Å²) in [6, 6.07) is 4.57. The summed E-state index contributed by atoms with van der Waals surface area (Å²) in [5.41, 5.74) is 1.37. The van der Waals surface area contributed by atoms with Crippen LogP contribution in [-0.4, -0.2) is 26.9 Å². The molecular weight excluding hydrogens is 258 g/mol. The molecule has 0 amide bonds. The van der Waals surface area contributed by atoms with Crippen molar-refractivity contribution < 1.29 is 0 Å². The minimum Gasteiger partial charge on any atom is -0.366 e. The Kier molecular flexibility index (Phi) is 3.30. The highest BCUT2D eigenvalue weighted by Crippen LogP contribution is 2.29. The zero-order valence-electron chi connectivity index (χ0n) is 10.8. The molecule has 1 aliphatic rings. The number of fused-ring (bicyclic) bond motifs is 1. The predicted molar refractivity (Wildman–Crippen MR) is 75.4 cm³/mol. The highest BCUT2D eigenvalue weighted by atomic mass is 32.2. The number of nitrogens with zero attached hydrogens (tertiary/aromatic N) is 4. The first-order valence-corrected chi connectivity index (χ1v) is 7.64. The van der Waals surface area contributed by atoms with Crippen molar-refractivity contribution in [1.29, 1.82) is 5.26 Å². The first kappa shape index (κ1) is 12.3. The number of hydrogen-bond donors (Lipinski definition) is 1. The van der Waals surface area contributed by atoms with Crippen LogP contribution in [0.4, 0.5) is 5.82 Å². The molecule has 0 bridgehead atoms. The van der Waals surface area contributed by atoms with Gasteiger partial charge in [0, 0.05) is 12.1 Å². The summed E-state index contributed by atoms with van der Waals surface area (Å²) in [6.07, 6.45) is 8.47. The maximum Gasteiger partial charge on any atom is 0.158 e. The van der Waals surface area contributed by atoms with E-state index >= 15 is 0 Å². The molecule has 0 aromatic carbocycles. The van der Waals surface area contributed by atoms with Crippen molar-refractivity contribution in [2.75, 3.05) is 11.6 Å². The van der Waals surface area contributed by atoms with Gasteiger partial charge in [-0.2, -0.15) is 14.9 Å². The van der Waals surface area contributed by atoms with E-state index in [0.29, 0.717) is 11.6 Å². The molecule has 1 fully saturated rings. The number of hydrogen-bond acceptors (Lipinski definition) is 5. The van der Waals surface area contributed by atoms with Gasteiger partial charge in [0.2, 0.25) is 0 Å². The number of rotatable bonds is 3. The first-order valence-electron chi connectivity index (χ1n) is 6.42. The molecule has 2 aromatic rings. The van der Waals surface area contributed by atoms with Gasteiger partial charge in [-0.05, 0) is 19.1 Å². The van der Waals surface area contributed by atoms with Crippen LogP contribution in [0.2, 0.25) is 0 Å². The maximum atomic E-state index is 9.42. The van der Waals surface area contributed by atoms with Crippen LogP contribution in [0.5, 0.6) is 0 Å². The lowest BCUT2D eigenvalue weighted by atomic mass is 10.2. The number of nitrogens with one attached hydrogen (secondary N) is 1. The van der Waals surface area contributed by atoms with Crippen molar-refractivity contribution in [2.24, 2.45) is 0 Å². The van der Waals surface area contributed by atoms with E-state index in [1.807, 2.05) is 12.3 Å². The number of anilines is 1. The minimum atomic E-state index is 0.441. The third kappa shape index (κ3) is 2.15. The van der Waals surface area contributed by atoms with E-state index < -0.39 is 0 Å². The quantitative estimate of drug-likeness (QED) is 0.688. The number of nitriles is 1. The van der Waals surface area contributed by atoms with Crippen LogP contribution in [0, 0.1) is 11.3 Å². The van der Waals surface area contributed by atoms with Gasteiger partial charge >= 0.3 is 0 Å². The van der Waals surface area contributed by atoms with Crippen molar-refractivity contribution in [3.8, 4) is 6.07 Å². The molecule has 1 N–H and O–H groups in total. The van der Waals surface area contributed by atoms with Gasteiger partial charge in [-0.1, -0.05) is 12.8 Å². The Morgan fingerprint density at radius 1 is 1.47 bits per heavy atom. The van der Waals surface area contributed by atoms with Crippen molar-refractivity contribution in [2.45, 2.75) is 36.8 Å². The lowest BCUT2D eigenvalue weighted by Crippen LogP contribution is -2.19. The molecule has 0 aliphatic heterocycles. The summed E-state index contributed by atoms with van der Waals surface area (Å²) in [5, 5.41) is 17.9. The van der Waals surface area contributed by atoms with E-state index in [4.69, 9.17) is 0 Å². The summed E-state index contributed by atoms with van der Waals surface area (Å²) >= 11 is 1.50. The molecule has 6 heteroatoms. The van der Waals surface area contributed by atoms with Gasteiger partial charge in [-0.25, -0.2) is 4.98 Å². The number of thioether (sulfide) groups is 1. The third-order valence-corrected chi connectivity index (χ3v) is 4.18. The van der Waals surface area contributed by atoms with Crippen molar-refractivity contribution in [1.82, 2.24) is 14.6 Å². The van der Waals surface area contributed by atoms with Crippen LogP contribution < -0.4 is 5.32 Å². The predicted octanol–water partition coefficient (Wildman–Crippen LogP) is 2.68. The summed E-state index contributed by atoms with van der Waals surface area (Å²) in [7, 11) is 0. The summed E-state index contributed by atoms with van der Waals surface area (Å²) in [6.45, 7) is 0. The smallest absolute Gasteiger partial charge is 0.158 e. The van der Waals surface area contributed by atoms with E-state index in [-0.39, 0.29) is 0 Å². The normalized spacial score (nSPS) is 15.8. The van der Waals surface area contributed by atoms with Crippen LogP contribution in [-0.2, 0) is 0 Å². The van der Waals surface area contributed by atoms with E-state index in [0.717, 1.165) is 29.3 Å². The molecule has 19 heavy (non-hydrogen) atoms. The largest absolute Gasteiger partial charge is 0.366 e. The van der Waals surface area contributed by atoms with Crippen LogP contribution in [0.25, 0.3) is 5.65 Å². The zero-order valence-corrected chi connectivity index (χ0v) is 11.6. The second-order valence-corrected chi connectivity index (χ2v) is 5.48. The van der Waals surface area contributed by atoms with Crippen LogP contribution in [0.3, 0.4) is 0 Å². The van der Waals surface area contributed by atoms with Gasteiger partial charge in [-0.15, -0.1) is 11.8 Å². The second-order valence-electron chi connectivity index (χ2n) is 4.68. The van der Waals surface area contributed by atoms with Gasteiger partial charge in [0.1, 0.15) is 16.7 Å².